The standard InChI is InChI=1S/C17H16BrF3O/c1-2-9-22-16-10-13(3-4-14(16)11-18)12-5-7-15(8-6-12)17(19,20)21/h3-8,10H,2,9,11H2,1H3. The van der Waals surface area contributed by atoms with Gasteiger partial charge >= 0.3 is 6.18 Å². The second-order valence-electron chi connectivity index (χ2n) is 4.88. The monoisotopic (exact) mass is 372 g/mol. The zero-order chi connectivity index (χ0) is 16.2. The average molecular weight is 373 g/mol. The number of alkyl halides is 4. The van der Waals surface area contributed by atoms with Crippen molar-refractivity contribution in [2.24, 2.45) is 0 Å². The highest BCUT2D eigenvalue weighted by Gasteiger charge is 2.29. The van der Waals surface area contributed by atoms with Crippen molar-refractivity contribution in [3.63, 3.8) is 0 Å². The third-order valence-corrected chi connectivity index (χ3v) is 3.82. The first-order chi connectivity index (χ1) is 10.5. The minimum absolute atomic E-state index is 0.608. The van der Waals surface area contributed by atoms with Gasteiger partial charge in [-0.1, -0.05) is 47.1 Å². The van der Waals surface area contributed by atoms with Crippen molar-refractivity contribution in [1.29, 1.82) is 0 Å². The van der Waals surface area contributed by atoms with E-state index in [1.165, 1.54) is 12.1 Å². The predicted molar refractivity (Wildman–Crippen MR) is 85.3 cm³/mol. The molecule has 0 aliphatic heterocycles. The Bertz CT molecular complexity index is 621. The van der Waals surface area contributed by atoms with Crippen LogP contribution in [0.4, 0.5) is 13.2 Å². The van der Waals surface area contributed by atoms with Gasteiger partial charge in [-0.2, -0.15) is 13.2 Å². The van der Waals surface area contributed by atoms with Crippen LogP contribution in [0.3, 0.4) is 0 Å². The highest BCUT2D eigenvalue weighted by molar-refractivity contribution is 9.08. The number of hydrogen-bond donors (Lipinski definition) is 0. The fraction of sp³-hybridized carbons (Fsp3) is 0.294. The van der Waals surface area contributed by atoms with E-state index in [0.717, 1.165) is 41.0 Å². The van der Waals surface area contributed by atoms with Crippen LogP contribution in [0.1, 0.15) is 24.5 Å². The Kier molecular flexibility index (Phi) is 5.51. The minimum Gasteiger partial charge on any atom is -0.493 e. The van der Waals surface area contributed by atoms with Gasteiger partial charge < -0.3 is 4.74 Å². The SMILES string of the molecule is CCCOc1cc(-c2ccc(C(F)(F)F)cc2)ccc1CBr. The van der Waals surface area contributed by atoms with E-state index in [9.17, 15) is 13.2 Å². The lowest BCUT2D eigenvalue weighted by Gasteiger charge is -2.12. The Hall–Kier alpha value is -1.49. The molecule has 118 valence electrons. The van der Waals surface area contributed by atoms with Crippen molar-refractivity contribution in [3.8, 4) is 16.9 Å². The molecule has 0 spiro atoms. The fourth-order valence-corrected chi connectivity index (χ4v) is 2.51. The average Bonchev–Trinajstić information content (AvgIpc) is 2.52. The molecule has 0 aromatic heterocycles. The summed E-state index contributed by atoms with van der Waals surface area (Å²) in [6.07, 6.45) is -3.42. The summed E-state index contributed by atoms with van der Waals surface area (Å²) in [5.74, 6) is 0.760. The van der Waals surface area contributed by atoms with Crippen LogP contribution in [0.2, 0.25) is 0 Å². The van der Waals surface area contributed by atoms with Gasteiger partial charge in [-0.25, -0.2) is 0 Å². The smallest absolute Gasteiger partial charge is 0.416 e. The van der Waals surface area contributed by atoms with Gasteiger partial charge in [-0.3, -0.25) is 0 Å². The summed E-state index contributed by atoms with van der Waals surface area (Å²) in [7, 11) is 0. The first-order valence-electron chi connectivity index (χ1n) is 6.95. The van der Waals surface area contributed by atoms with Crippen LogP contribution in [0.15, 0.2) is 42.5 Å². The molecule has 0 atom stereocenters. The van der Waals surface area contributed by atoms with E-state index in [2.05, 4.69) is 15.9 Å². The number of hydrogen-bond acceptors (Lipinski definition) is 1. The molecular formula is C17H16BrF3O. The molecule has 0 amide bonds. The maximum absolute atomic E-state index is 12.6. The van der Waals surface area contributed by atoms with E-state index in [-0.39, 0.29) is 0 Å². The summed E-state index contributed by atoms with van der Waals surface area (Å²) in [5.41, 5.74) is 1.94. The topological polar surface area (TPSA) is 9.23 Å². The lowest BCUT2D eigenvalue weighted by atomic mass is 10.0. The summed E-state index contributed by atoms with van der Waals surface area (Å²) in [4.78, 5) is 0. The van der Waals surface area contributed by atoms with Crippen molar-refractivity contribution in [3.05, 3.63) is 53.6 Å². The number of halogens is 4. The Morgan fingerprint density at radius 3 is 2.18 bits per heavy atom. The summed E-state index contributed by atoms with van der Waals surface area (Å²) in [5, 5.41) is 0.666. The van der Waals surface area contributed by atoms with E-state index in [4.69, 9.17) is 4.74 Å². The van der Waals surface area contributed by atoms with Crippen LogP contribution < -0.4 is 4.74 Å². The van der Waals surface area contributed by atoms with Gasteiger partial charge in [0.1, 0.15) is 5.75 Å². The van der Waals surface area contributed by atoms with Gasteiger partial charge in [0.2, 0.25) is 0 Å². The Morgan fingerprint density at radius 1 is 1.00 bits per heavy atom. The molecule has 2 aromatic rings. The van der Waals surface area contributed by atoms with Crippen LogP contribution in [0.5, 0.6) is 5.75 Å². The molecule has 0 aliphatic carbocycles. The van der Waals surface area contributed by atoms with Gasteiger partial charge in [-0.15, -0.1) is 0 Å². The van der Waals surface area contributed by atoms with Crippen molar-refractivity contribution < 1.29 is 17.9 Å². The van der Waals surface area contributed by atoms with E-state index in [0.29, 0.717) is 11.9 Å². The molecule has 0 fully saturated rings. The second kappa shape index (κ2) is 7.18. The van der Waals surface area contributed by atoms with E-state index in [1.807, 2.05) is 25.1 Å². The molecular weight excluding hydrogens is 357 g/mol. The Labute approximate surface area is 136 Å². The maximum Gasteiger partial charge on any atom is 0.416 e. The molecule has 0 aliphatic rings. The van der Waals surface area contributed by atoms with Gasteiger partial charge in [0.25, 0.3) is 0 Å². The zero-order valence-electron chi connectivity index (χ0n) is 12.1. The van der Waals surface area contributed by atoms with Gasteiger partial charge in [0.15, 0.2) is 0 Å². The highest BCUT2D eigenvalue weighted by Crippen LogP contribution is 2.33. The van der Waals surface area contributed by atoms with E-state index < -0.39 is 11.7 Å². The largest absolute Gasteiger partial charge is 0.493 e. The zero-order valence-corrected chi connectivity index (χ0v) is 13.7. The van der Waals surface area contributed by atoms with Crippen LogP contribution in [-0.4, -0.2) is 6.61 Å². The molecule has 0 bridgehead atoms. The van der Waals surface area contributed by atoms with Gasteiger partial charge in [0, 0.05) is 10.9 Å². The number of rotatable bonds is 5. The quantitative estimate of drug-likeness (QED) is 0.580. The lowest BCUT2D eigenvalue weighted by molar-refractivity contribution is -0.137. The fourth-order valence-electron chi connectivity index (χ4n) is 2.04. The summed E-state index contributed by atoms with van der Waals surface area (Å²) in [6.45, 7) is 2.63. The third-order valence-electron chi connectivity index (χ3n) is 3.22. The summed E-state index contributed by atoms with van der Waals surface area (Å²) in [6, 6.07) is 10.8. The number of benzene rings is 2. The van der Waals surface area contributed by atoms with Gasteiger partial charge in [-0.05, 0) is 35.7 Å². The molecule has 5 heteroatoms. The highest BCUT2D eigenvalue weighted by atomic mass is 79.9. The molecule has 2 rings (SSSR count). The normalized spacial score (nSPS) is 11.5. The van der Waals surface area contributed by atoms with Crippen molar-refractivity contribution >= 4 is 15.9 Å². The van der Waals surface area contributed by atoms with Crippen molar-refractivity contribution in [1.82, 2.24) is 0 Å². The molecule has 22 heavy (non-hydrogen) atoms. The third kappa shape index (κ3) is 4.03. The molecule has 0 saturated carbocycles. The minimum atomic E-state index is -4.31. The molecule has 0 N–H and O–H groups in total. The Morgan fingerprint density at radius 2 is 1.64 bits per heavy atom. The maximum atomic E-state index is 12.6. The van der Waals surface area contributed by atoms with Crippen LogP contribution in [0.25, 0.3) is 11.1 Å². The van der Waals surface area contributed by atoms with E-state index in [1.54, 1.807) is 0 Å². The molecule has 0 radical (unpaired) electrons. The molecule has 1 nitrogen and oxygen atoms in total. The van der Waals surface area contributed by atoms with Crippen LogP contribution >= 0.6 is 15.9 Å². The molecule has 2 aromatic carbocycles. The molecule has 0 heterocycles. The summed E-state index contributed by atoms with van der Waals surface area (Å²) >= 11 is 3.41. The predicted octanol–water partition coefficient (Wildman–Crippen LogP) is 6.06. The number of ether oxygens (including phenoxy) is 1. The van der Waals surface area contributed by atoms with Crippen LogP contribution in [-0.2, 0) is 11.5 Å². The summed E-state index contributed by atoms with van der Waals surface area (Å²) < 4.78 is 43.5. The van der Waals surface area contributed by atoms with Crippen molar-refractivity contribution in [2.75, 3.05) is 6.61 Å². The van der Waals surface area contributed by atoms with Crippen LogP contribution in [0, 0.1) is 0 Å². The second-order valence-corrected chi connectivity index (χ2v) is 5.44. The first-order valence-corrected chi connectivity index (χ1v) is 8.07. The van der Waals surface area contributed by atoms with Crippen molar-refractivity contribution in [2.45, 2.75) is 24.9 Å². The first kappa shape index (κ1) is 16.9. The Balaban J connectivity index is 2.32. The van der Waals surface area contributed by atoms with Gasteiger partial charge in [0.05, 0.1) is 12.2 Å². The van der Waals surface area contributed by atoms with E-state index >= 15 is 0 Å². The lowest BCUT2D eigenvalue weighted by Crippen LogP contribution is -2.04. The molecule has 0 saturated heterocycles. The molecule has 0 unspecified atom stereocenters.